The highest BCUT2D eigenvalue weighted by molar-refractivity contribution is 7.99. The molecule has 1 saturated heterocycles. The summed E-state index contributed by atoms with van der Waals surface area (Å²) in [4.78, 5) is 36.9. The number of carboxylic acids is 1. The number of nitrogens with one attached hydrogen (secondary N) is 1. The standard InChI is InChI=1S/C17H22N2O5S/c1-24-13-8-6-12(7-9-13)18-17(23)14-10-25-11-19(14)15(20)4-2-3-5-16(21)22/h6-9,14H,2-5,10-11H2,1H3,(H,18,23)(H,21,22). The first-order valence-corrected chi connectivity index (χ1v) is 9.20. The fourth-order valence-corrected chi connectivity index (χ4v) is 3.68. The molecule has 136 valence electrons. The Morgan fingerprint density at radius 1 is 1.24 bits per heavy atom. The molecule has 0 aromatic heterocycles. The number of anilines is 1. The molecule has 2 N–H and O–H groups in total. The van der Waals surface area contributed by atoms with Crippen LogP contribution in [0.1, 0.15) is 25.7 Å². The van der Waals surface area contributed by atoms with Crippen LogP contribution in [0.15, 0.2) is 24.3 Å². The van der Waals surface area contributed by atoms with Gasteiger partial charge >= 0.3 is 5.97 Å². The molecule has 0 bridgehead atoms. The second kappa shape index (κ2) is 9.31. The van der Waals surface area contributed by atoms with Crippen molar-refractivity contribution < 1.29 is 24.2 Å². The van der Waals surface area contributed by atoms with Crippen molar-refractivity contribution in [3.05, 3.63) is 24.3 Å². The highest BCUT2D eigenvalue weighted by Gasteiger charge is 2.34. The van der Waals surface area contributed by atoms with Crippen LogP contribution in [-0.2, 0) is 14.4 Å². The smallest absolute Gasteiger partial charge is 0.303 e. The van der Waals surface area contributed by atoms with Crippen molar-refractivity contribution in [3.8, 4) is 5.75 Å². The Morgan fingerprint density at radius 3 is 2.56 bits per heavy atom. The summed E-state index contributed by atoms with van der Waals surface area (Å²) in [7, 11) is 1.57. The van der Waals surface area contributed by atoms with Crippen LogP contribution in [0, 0.1) is 0 Å². The van der Waals surface area contributed by atoms with Gasteiger partial charge in [-0.05, 0) is 37.1 Å². The van der Waals surface area contributed by atoms with Crippen LogP contribution in [-0.4, -0.2) is 52.6 Å². The first-order chi connectivity index (χ1) is 12.0. The summed E-state index contributed by atoms with van der Waals surface area (Å²) in [5.74, 6) is 0.564. The van der Waals surface area contributed by atoms with Gasteiger partial charge in [-0.15, -0.1) is 11.8 Å². The number of hydrogen-bond acceptors (Lipinski definition) is 5. The van der Waals surface area contributed by atoms with Crippen molar-refractivity contribution >= 4 is 35.2 Å². The van der Waals surface area contributed by atoms with E-state index in [1.807, 2.05) is 0 Å². The van der Waals surface area contributed by atoms with Crippen molar-refractivity contribution in [2.24, 2.45) is 0 Å². The molecule has 1 atom stereocenters. The molecule has 0 aliphatic carbocycles. The van der Waals surface area contributed by atoms with Gasteiger partial charge < -0.3 is 20.1 Å². The molecule has 1 heterocycles. The fourth-order valence-electron chi connectivity index (χ4n) is 2.50. The Labute approximate surface area is 150 Å². The second-order valence-corrected chi connectivity index (χ2v) is 6.70. The largest absolute Gasteiger partial charge is 0.497 e. The molecule has 8 heteroatoms. The van der Waals surface area contributed by atoms with Gasteiger partial charge in [0, 0.05) is 24.3 Å². The van der Waals surface area contributed by atoms with E-state index in [9.17, 15) is 14.4 Å². The predicted molar refractivity (Wildman–Crippen MR) is 95.7 cm³/mol. The van der Waals surface area contributed by atoms with E-state index >= 15 is 0 Å². The van der Waals surface area contributed by atoms with Crippen molar-refractivity contribution in [3.63, 3.8) is 0 Å². The van der Waals surface area contributed by atoms with Crippen molar-refractivity contribution in [2.75, 3.05) is 24.1 Å². The summed E-state index contributed by atoms with van der Waals surface area (Å²) in [6.45, 7) is 0. The Balaban J connectivity index is 1.87. The zero-order valence-electron chi connectivity index (χ0n) is 14.1. The minimum atomic E-state index is -0.860. The van der Waals surface area contributed by atoms with Crippen LogP contribution in [0.3, 0.4) is 0 Å². The number of thioether (sulfide) groups is 1. The Hall–Kier alpha value is -2.22. The maximum Gasteiger partial charge on any atom is 0.303 e. The summed E-state index contributed by atoms with van der Waals surface area (Å²) in [6.07, 6.45) is 1.30. The number of rotatable bonds is 8. The summed E-state index contributed by atoms with van der Waals surface area (Å²) in [5.41, 5.74) is 0.650. The average Bonchev–Trinajstić information content (AvgIpc) is 3.09. The number of unbranched alkanes of at least 4 members (excludes halogenated alkanes) is 1. The lowest BCUT2D eigenvalue weighted by Crippen LogP contribution is -2.44. The number of amides is 2. The Bertz CT molecular complexity index is 620. The fraction of sp³-hybridized carbons (Fsp3) is 0.471. The number of carboxylic acid groups (broad SMARTS) is 1. The number of nitrogens with zero attached hydrogens (tertiary/aromatic N) is 1. The maximum atomic E-state index is 12.5. The normalized spacial score (nSPS) is 16.5. The van der Waals surface area contributed by atoms with E-state index in [4.69, 9.17) is 9.84 Å². The Kier molecular flexibility index (Phi) is 7.12. The topological polar surface area (TPSA) is 95.9 Å². The first kappa shape index (κ1) is 19.1. The number of aliphatic carboxylic acids is 1. The van der Waals surface area contributed by atoms with Crippen LogP contribution < -0.4 is 10.1 Å². The molecular weight excluding hydrogens is 344 g/mol. The molecule has 1 aromatic carbocycles. The van der Waals surface area contributed by atoms with Crippen molar-refractivity contribution in [1.29, 1.82) is 0 Å². The molecule has 0 saturated carbocycles. The van der Waals surface area contributed by atoms with E-state index in [-0.39, 0.29) is 24.7 Å². The summed E-state index contributed by atoms with van der Waals surface area (Å²) in [5, 5.41) is 11.4. The monoisotopic (exact) mass is 366 g/mol. The molecule has 1 unspecified atom stereocenters. The quantitative estimate of drug-likeness (QED) is 0.685. The minimum absolute atomic E-state index is 0.0589. The van der Waals surface area contributed by atoms with Gasteiger partial charge in [-0.3, -0.25) is 14.4 Å². The van der Waals surface area contributed by atoms with Gasteiger partial charge in [0.15, 0.2) is 0 Å². The lowest BCUT2D eigenvalue weighted by atomic mass is 10.1. The molecule has 1 fully saturated rings. The highest BCUT2D eigenvalue weighted by Crippen LogP contribution is 2.24. The van der Waals surface area contributed by atoms with E-state index in [0.29, 0.717) is 35.9 Å². The van der Waals surface area contributed by atoms with Gasteiger partial charge in [0.1, 0.15) is 11.8 Å². The summed E-state index contributed by atoms with van der Waals surface area (Å²) in [6, 6.07) is 6.50. The molecular formula is C17H22N2O5S. The van der Waals surface area contributed by atoms with E-state index in [1.54, 1.807) is 36.3 Å². The van der Waals surface area contributed by atoms with Crippen LogP contribution in [0.5, 0.6) is 5.75 Å². The third-order valence-electron chi connectivity index (χ3n) is 3.89. The number of methoxy groups -OCH3 is 1. The van der Waals surface area contributed by atoms with Gasteiger partial charge in [-0.25, -0.2) is 0 Å². The second-order valence-electron chi connectivity index (χ2n) is 5.70. The summed E-state index contributed by atoms with van der Waals surface area (Å²) < 4.78 is 5.08. The lowest BCUT2D eigenvalue weighted by molar-refractivity contribution is -0.138. The maximum absolute atomic E-state index is 12.5. The number of carbonyl (C=O) groups is 3. The zero-order valence-corrected chi connectivity index (χ0v) is 14.9. The van der Waals surface area contributed by atoms with E-state index in [0.717, 1.165) is 0 Å². The lowest BCUT2D eigenvalue weighted by Gasteiger charge is -2.23. The predicted octanol–water partition coefficient (Wildman–Crippen LogP) is 2.18. The van der Waals surface area contributed by atoms with Gasteiger partial charge in [0.2, 0.25) is 11.8 Å². The van der Waals surface area contributed by atoms with E-state index < -0.39 is 12.0 Å². The van der Waals surface area contributed by atoms with Crippen molar-refractivity contribution in [2.45, 2.75) is 31.7 Å². The van der Waals surface area contributed by atoms with Crippen LogP contribution >= 0.6 is 11.8 Å². The van der Waals surface area contributed by atoms with Crippen LogP contribution in [0.25, 0.3) is 0 Å². The number of hydrogen-bond donors (Lipinski definition) is 2. The third-order valence-corrected chi connectivity index (χ3v) is 4.91. The molecule has 25 heavy (non-hydrogen) atoms. The average molecular weight is 366 g/mol. The van der Waals surface area contributed by atoms with Crippen LogP contribution in [0.2, 0.25) is 0 Å². The Morgan fingerprint density at radius 2 is 1.92 bits per heavy atom. The molecule has 0 radical (unpaired) electrons. The SMILES string of the molecule is COc1ccc(NC(=O)C2CSCN2C(=O)CCCCC(=O)O)cc1. The van der Waals surface area contributed by atoms with Crippen LogP contribution in [0.4, 0.5) is 5.69 Å². The number of benzene rings is 1. The van der Waals surface area contributed by atoms with Gasteiger partial charge in [0.05, 0.1) is 13.0 Å². The van der Waals surface area contributed by atoms with E-state index in [1.165, 1.54) is 11.8 Å². The molecule has 2 rings (SSSR count). The summed E-state index contributed by atoms with van der Waals surface area (Å²) >= 11 is 1.54. The molecule has 1 aliphatic rings. The first-order valence-electron chi connectivity index (χ1n) is 8.05. The highest BCUT2D eigenvalue weighted by atomic mass is 32.2. The van der Waals surface area contributed by atoms with Gasteiger partial charge in [0.25, 0.3) is 0 Å². The third kappa shape index (κ3) is 5.67. The van der Waals surface area contributed by atoms with E-state index in [2.05, 4.69) is 5.32 Å². The van der Waals surface area contributed by atoms with Gasteiger partial charge in [-0.1, -0.05) is 0 Å². The molecule has 1 aliphatic heterocycles. The van der Waals surface area contributed by atoms with Gasteiger partial charge in [-0.2, -0.15) is 0 Å². The minimum Gasteiger partial charge on any atom is -0.497 e. The zero-order chi connectivity index (χ0) is 18.2. The number of ether oxygens (including phenoxy) is 1. The molecule has 1 aromatic rings. The molecule has 7 nitrogen and oxygen atoms in total. The molecule has 2 amide bonds. The number of carbonyl (C=O) groups excluding carboxylic acids is 2. The van der Waals surface area contributed by atoms with Crippen molar-refractivity contribution in [1.82, 2.24) is 4.90 Å². The molecule has 0 spiro atoms.